The van der Waals surface area contributed by atoms with Crippen molar-refractivity contribution in [1.29, 1.82) is 0 Å². The Morgan fingerprint density at radius 1 is 0.571 bits per heavy atom. The molecule has 0 heterocycles. The molecule has 0 saturated heterocycles. The second-order valence-electron chi connectivity index (χ2n) is 9.07. The fraction of sp³-hybridized carbons (Fsp3) is 0.0323. The maximum absolute atomic E-state index is 11.7. The maximum Gasteiger partial charge on any atom is 0.277 e. The molecule has 0 amide bonds. The Kier molecular flexibility index (Phi) is 4.12. The summed E-state index contributed by atoms with van der Waals surface area (Å²) in [5, 5.41) is 12.4. The van der Waals surface area contributed by atoms with Crippen molar-refractivity contribution >= 4 is 17.3 Å². The van der Waals surface area contributed by atoms with E-state index in [4.69, 9.17) is 11.6 Å². The van der Waals surface area contributed by atoms with Crippen LogP contribution in [0.5, 0.6) is 0 Å². The molecule has 0 aromatic heterocycles. The van der Waals surface area contributed by atoms with Gasteiger partial charge in [-0.25, -0.2) is 0 Å². The van der Waals surface area contributed by atoms with Crippen LogP contribution in [-0.2, 0) is 5.41 Å². The Morgan fingerprint density at radius 3 is 1.74 bits per heavy atom. The Balaban J connectivity index is 1.59. The molecule has 7 rings (SSSR count). The van der Waals surface area contributed by atoms with Crippen LogP contribution in [0.3, 0.4) is 0 Å². The number of benzene rings is 5. The topological polar surface area (TPSA) is 43.1 Å². The second kappa shape index (κ2) is 7.14. The molecule has 1 spiro atoms. The van der Waals surface area contributed by atoms with E-state index in [1.54, 1.807) is 12.1 Å². The minimum Gasteiger partial charge on any atom is -0.258 e. The molecular weight excluding hydrogens is 454 g/mol. The van der Waals surface area contributed by atoms with Crippen LogP contribution in [0.2, 0.25) is 5.02 Å². The number of hydrogen-bond donors (Lipinski definition) is 0. The van der Waals surface area contributed by atoms with Crippen LogP contribution >= 0.6 is 11.6 Å². The summed E-state index contributed by atoms with van der Waals surface area (Å²) in [7, 11) is 0. The third-order valence-electron chi connectivity index (χ3n) is 7.46. The fourth-order valence-electron chi connectivity index (χ4n) is 6.17. The minimum absolute atomic E-state index is 0.100. The monoisotopic (exact) mass is 471 g/mol. The van der Waals surface area contributed by atoms with Crippen LogP contribution in [0, 0.1) is 10.1 Å². The molecule has 166 valence electrons. The van der Waals surface area contributed by atoms with Gasteiger partial charge in [-0.1, -0.05) is 90.5 Å². The van der Waals surface area contributed by atoms with Crippen LogP contribution in [0.25, 0.3) is 33.4 Å². The third kappa shape index (κ3) is 2.56. The summed E-state index contributed by atoms with van der Waals surface area (Å²) >= 11 is 6.52. The second-order valence-corrected chi connectivity index (χ2v) is 9.50. The van der Waals surface area contributed by atoms with Gasteiger partial charge in [-0.15, -0.1) is 0 Å². The largest absolute Gasteiger partial charge is 0.277 e. The van der Waals surface area contributed by atoms with Crippen molar-refractivity contribution in [3.8, 4) is 33.4 Å². The Labute approximate surface area is 207 Å². The van der Waals surface area contributed by atoms with Crippen molar-refractivity contribution in [3.05, 3.63) is 147 Å². The minimum atomic E-state index is -0.455. The van der Waals surface area contributed by atoms with Gasteiger partial charge in [0.25, 0.3) is 5.69 Å². The number of para-hydroxylation sites is 1. The quantitative estimate of drug-likeness (QED) is 0.188. The highest BCUT2D eigenvalue weighted by Crippen LogP contribution is 2.63. The van der Waals surface area contributed by atoms with E-state index >= 15 is 0 Å². The molecule has 2 aliphatic carbocycles. The van der Waals surface area contributed by atoms with Gasteiger partial charge < -0.3 is 0 Å². The van der Waals surface area contributed by atoms with Crippen molar-refractivity contribution in [1.82, 2.24) is 0 Å². The summed E-state index contributed by atoms with van der Waals surface area (Å²) in [5.74, 6) is 0. The number of halogens is 1. The number of fused-ring (bicyclic) bond motifs is 10. The first-order chi connectivity index (χ1) is 17.1. The molecule has 3 nitrogen and oxygen atoms in total. The predicted molar refractivity (Wildman–Crippen MR) is 140 cm³/mol. The standard InChI is InChI=1S/C31H18ClNO2/c32-20-14-16-29-25(18-20)24-17-19(21-7-3-6-12-30(21)33(34)35)13-15-28(24)31(29)26-10-4-1-8-22(26)23-9-2-5-11-27(23)31/h1-18H. The van der Waals surface area contributed by atoms with Gasteiger partial charge in [-0.2, -0.15) is 0 Å². The molecule has 0 fully saturated rings. The molecule has 0 atom stereocenters. The van der Waals surface area contributed by atoms with Crippen molar-refractivity contribution in [2.24, 2.45) is 0 Å². The first-order valence-corrected chi connectivity index (χ1v) is 11.9. The molecule has 0 N–H and O–H groups in total. The van der Waals surface area contributed by atoms with Gasteiger partial charge in [0.05, 0.1) is 15.9 Å². The van der Waals surface area contributed by atoms with Gasteiger partial charge in [0.1, 0.15) is 0 Å². The smallest absolute Gasteiger partial charge is 0.258 e. The highest BCUT2D eigenvalue weighted by molar-refractivity contribution is 6.31. The summed E-state index contributed by atoms with van der Waals surface area (Å²) in [5.41, 5.74) is 10.5. The van der Waals surface area contributed by atoms with E-state index < -0.39 is 5.41 Å². The zero-order chi connectivity index (χ0) is 23.7. The van der Waals surface area contributed by atoms with Crippen LogP contribution in [-0.4, -0.2) is 4.92 Å². The number of rotatable bonds is 2. The molecule has 35 heavy (non-hydrogen) atoms. The van der Waals surface area contributed by atoms with Gasteiger partial charge >= 0.3 is 0 Å². The van der Waals surface area contributed by atoms with Gasteiger partial charge in [0.15, 0.2) is 0 Å². The highest BCUT2D eigenvalue weighted by Gasteiger charge is 2.51. The van der Waals surface area contributed by atoms with E-state index in [-0.39, 0.29) is 10.6 Å². The molecule has 0 unspecified atom stereocenters. The molecule has 5 aromatic rings. The first-order valence-electron chi connectivity index (χ1n) is 11.5. The lowest BCUT2D eigenvalue weighted by Crippen LogP contribution is -2.25. The average Bonchev–Trinajstić information content (AvgIpc) is 3.35. The van der Waals surface area contributed by atoms with Gasteiger partial charge in [-0.3, -0.25) is 10.1 Å². The molecule has 2 aliphatic rings. The highest BCUT2D eigenvalue weighted by atomic mass is 35.5. The van der Waals surface area contributed by atoms with E-state index in [9.17, 15) is 10.1 Å². The summed E-state index contributed by atoms with van der Waals surface area (Å²) in [6.45, 7) is 0. The first kappa shape index (κ1) is 20.2. The van der Waals surface area contributed by atoms with Crippen LogP contribution in [0.15, 0.2) is 109 Å². The van der Waals surface area contributed by atoms with Gasteiger partial charge in [0, 0.05) is 11.1 Å². The van der Waals surface area contributed by atoms with Crippen LogP contribution in [0.1, 0.15) is 22.3 Å². The van der Waals surface area contributed by atoms with Crippen molar-refractivity contribution in [2.45, 2.75) is 5.41 Å². The third-order valence-corrected chi connectivity index (χ3v) is 7.70. The lowest BCUT2D eigenvalue weighted by molar-refractivity contribution is -0.384. The Hall–Kier alpha value is -4.21. The number of hydrogen-bond acceptors (Lipinski definition) is 2. The van der Waals surface area contributed by atoms with E-state index in [0.717, 1.165) is 16.7 Å². The van der Waals surface area contributed by atoms with Gasteiger partial charge in [-0.05, 0) is 74.3 Å². The molecule has 0 saturated carbocycles. The van der Waals surface area contributed by atoms with Gasteiger partial charge in [0.2, 0.25) is 0 Å². The van der Waals surface area contributed by atoms with E-state index in [1.165, 1.54) is 33.4 Å². The fourth-order valence-corrected chi connectivity index (χ4v) is 6.34. The SMILES string of the molecule is O=[N+]([O-])c1ccccc1-c1ccc2c(c1)-c1cc(Cl)ccc1C21c2ccccc2-c2ccccc21. The van der Waals surface area contributed by atoms with E-state index in [0.29, 0.717) is 10.6 Å². The zero-order valence-corrected chi connectivity index (χ0v) is 19.3. The lowest BCUT2D eigenvalue weighted by Gasteiger charge is -2.30. The molecule has 5 aromatic carbocycles. The number of nitro benzene ring substituents is 1. The predicted octanol–water partition coefficient (Wildman–Crippen LogP) is 8.26. The molecule has 0 aliphatic heterocycles. The molecule has 4 heteroatoms. The summed E-state index contributed by atoms with van der Waals surface area (Å²) in [6, 6.07) is 36.5. The number of nitrogens with zero attached hydrogens (tertiary/aromatic N) is 1. The lowest BCUT2D eigenvalue weighted by atomic mass is 9.70. The Bertz CT molecular complexity index is 1660. The van der Waals surface area contributed by atoms with Crippen molar-refractivity contribution < 1.29 is 4.92 Å². The summed E-state index contributed by atoms with van der Waals surface area (Å²) in [4.78, 5) is 11.4. The van der Waals surface area contributed by atoms with Crippen molar-refractivity contribution in [3.63, 3.8) is 0 Å². The normalized spacial score (nSPS) is 13.7. The average molecular weight is 472 g/mol. The molecule has 0 bridgehead atoms. The van der Waals surface area contributed by atoms with E-state index in [2.05, 4.69) is 66.7 Å². The van der Waals surface area contributed by atoms with E-state index in [1.807, 2.05) is 30.3 Å². The summed E-state index contributed by atoms with van der Waals surface area (Å²) < 4.78 is 0. The summed E-state index contributed by atoms with van der Waals surface area (Å²) in [6.07, 6.45) is 0. The molecule has 0 radical (unpaired) electrons. The maximum atomic E-state index is 11.7. The molecular formula is C31H18ClNO2. The Morgan fingerprint density at radius 2 is 1.09 bits per heavy atom. The number of nitro groups is 1. The van der Waals surface area contributed by atoms with Crippen LogP contribution in [0.4, 0.5) is 5.69 Å². The van der Waals surface area contributed by atoms with Crippen LogP contribution < -0.4 is 0 Å². The van der Waals surface area contributed by atoms with Crippen molar-refractivity contribution in [2.75, 3.05) is 0 Å². The zero-order valence-electron chi connectivity index (χ0n) is 18.5.